The summed E-state index contributed by atoms with van der Waals surface area (Å²) < 4.78 is 2.14. The van der Waals surface area contributed by atoms with Gasteiger partial charge in [-0.2, -0.15) is 0 Å². The highest BCUT2D eigenvalue weighted by Crippen LogP contribution is 2.40. The Morgan fingerprint density at radius 3 is 2.05 bits per heavy atom. The van der Waals surface area contributed by atoms with Crippen LogP contribution in [0.15, 0.2) is 115 Å². The number of anilines is 1. The molecule has 2 heterocycles. The maximum atomic E-state index is 14.2. The van der Waals surface area contributed by atoms with Crippen molar-refractivity contribution in [3.63, 3.8) is 0 Å². The molecule has 0 aliphatic carbocycles. The Kier molecular flexibility index (Phi) is 4.63. The van der Waals surface area contributed by atoms with Crippen LogP contribution in [0.4, 0.5) is 5.69 Å². The van der Waals surface area contributed by atoms with Crippen molar-refractivity contribution >= 4 is 39.3 Å². The average molecular weight is 479 g/mol. The number of aryl methyl sites for hydroxylation is 1. The van der Waals surface area contributed by atoms with E-state index >= 15 is 0 Å². The van der Waals surface area contributed by atoms with E-state index in [9.17, 15) is 9.59 Å². The summed E-state index contributed by atoms with van der Waals surface area (Å²) in [6.07, 6.45) is 0. The van der Waals surface area contributed by atoms with Gasteiger partial charge < -0.3 is 4.57 Å². The van der Waals surface area contributed by atoms with Crippen LogP contribution in [0.2, 0.25) is 0 Å². The molecule has 0 atom stereocenters. The molecule has 1 aliphatic rings. The lowest BCUT2D eigenvalue weighted by molar-refractivity contribution is 0.0926. The zero-order chi connectivity index (χ0) is 25.1. The minimum Gasteiger partial charge on any atom is -0.308 e. The molecule has 2 amide bonds. The summed E-state index contributed by atoms with van der Waals surface area (Å²) in [6, 6.07) is 37.4. The van der Waals surface area contributed by atoms with Gasteiger partial charge in [-0.1, -0.05) is 91.0 Å². The Morgan fingerprint density at radius 2 is 1.19 bits per heavy atom. The van der Waals surface area contributed by atoms with E-state index in [-0.39, 0.29) is 11.8 Å². The molecular weight excluding hydrogens is 456 g/mol. The molecule has 37 heavy (non-hydrogen) atoms. The van der Waals surface area contributed by atoms with Gasteiger partial charge in [0, 0.05) is 16.3 Å². The van der Waals surface area contributed by atoms with E-state index in [0.717, 1.165) is 44.2 Å². The molecule has 1 aromatic heterocycles. The van der Waals surface area contributed by atoms with Crippen LogP contribution in [0.3, 0.4) is 0 Å². The Morgan fingerprint density at radius 1 is 0.541 bits per heavy atom. The van der Waals surface area contributed by atoms with Crippen LogP contribution in [0.5, 0.6) is 0 Å². The summed E-state index contributed by atoms with van der Waals surface area (Å²) in [5.74, 6) is -0.610. The van der Waals surface area contributed by atoms with Crippen LogP contribution in [0, 0.1) is 6.92 Å². The van der Waals surface area contributed by atoms with E-state index in [2.05, 4.69) is 41.8 Å². The summed E-state index contributed by atoms with van der Waals surface area (Å²) in [6.45, 7) is 2.08. The first-order valence-electron chi connectivity index (χ1n) is 12.3. The Balaban J connectivity index is 1.48. The standard InChI is InChI=1S/C33H22N2O2/c1-21-11-9-16-25-24-15-6-8-19-28(24)34(31(21)25)29-20-10-17-26-30(29)33(37)35(32(26)36)27-18-7-5-14-23(27)22-12-3-2-4-13-22/h2-20H,1H3. The third-order valence-corrected chi connectivity index (χ3v) is 7.26. The van der Waals surface area contributed by atoms with Crippen molar-refractivity contribution in [3.8, 4) is 16.8 Å². The molecule has 0 unspecified atom stereocenters. The number of benzene rings is 5. The average Bonchev–Trinajstić information content (AvgIpc) is 3.41. The first-order chi connectivity index (χ1) is 18.1. The van der Waals surface area contributed by atoms with Gasteiger partial charge in [-0.3, -0.25) is 9.59 Å². The number of rotatable bonds is 3. The number of para-hydroxylation sites is 3. The maximum absolute atomic E-state index is 14.2. The SMILES string of the molecule is Cc1cccc2c3ccccc3n(-c3cccc4c3C(=O)N(c3ccccc3-c3ccccc3)C4=O)c12. The molecule has 4 heteroatoms. The van der Waals surface area contributed by atoms with Crippen LogP contribution in [-0.2, 0) is 0 Å². The lowest BCUT2D eigenvalue weighted by atomic mass is 10.0. The second-order valence-electron chi connectivity index (χ2n) is 9.35. The zero-order valence-corrected chi connectivity index (χ0v) is 20.2. The molecule has 0 radical (unpaired) electrons. The number of amides is 2. The van der Waals surface area contributed by atoms with E-state index in [1.165, 1.54) is 4.90 Å². The highest BCUT2D eigenvalue weighted by molar-refractivity contribution is 6.36. The Hall–Kier alpha value is -4.96. The largest absolute Gasteiger partial charge is 0.308 e. The number of carbonyl (C=O) groups excluding carboxylic acids is 2. The van der Waals surface area contributed by atoms with Crippen molar-refractivity contribution in [1.29, 1.82) is 0 Å². The van der Waals surface area contributed by atoms with E-state index in [4.69, 9.17) is 0 Å². The lowest BCUT2D eigenvalue weighted by Gasteiger charge is -2.19. The molecule has 0 saturated heterocycles. The molecule has 1 aliphatic heterocycles. The summed E-state index contributed by atoms with van der Waals surface area (Å²) >= 11 is 0. The molecule has 0 bridgehead atoms. The third kappa shape index (κ3) is 3.02. The van der Waals surface area contributed by atoms with Gasteiger partial charge in [0.25, 0.3) is 11.8 Å². The van der Waals surface area contributed by atoms with Gasteiger partial charge in [-0.25, -0.2) is 4.90 Å². The fourth-order valence-corrected chi connectivity index (χ4v) is 5.64. The van der Waals surface area contributed by atoms with Crippen molar-refractivity contribution in [2.24, 2.45) is 0 Å². The smallest absolute Gasteiger partial charge is 0.268 e. The Bertz CT molecular complexity index is 1880. The molecule has 4 nitrogen and oxygen atoms in total. The maximum Gasteiger partial charge on any atom is 0.268 e. The van der Waals surface area contributed by atoms with E-state index in [1.54, 1.807) is 6.07 Å². The molecule has 5 aromatic carbocycles. The predicted molar refractivity (Wildman–Crippen MR) is 149 cm³/mol. The minimum atomic E-state index is -0.307. The van der Waals surface area contributed by atoms with E-state index in [1.807, 2.05) is 78.9 Å². The molecular formula is C33H22N2O2. The second-order valence-corrected chi connectivity index (χ2v) is 9.35. The van der Waals surface area contributed by atoms with Gasteiger partial charge in [0.2, 0.25) is 0 Å². The van der Waals surface area contributed by atoms with E-state index in [0.29, 0.717) is 16.8 Å². The van der Waals surface area contributed by atoms with Crippen LogP contribution in [0.25, 0.3) is 38.6 Å². The van der Waals surface area contributed by atoms with Crippen LogP contribution in [-0.4, -0.2) is 16.4 Å². The third-order valence-electron chi connectivity index (χ3n) is 7.26. The molecule has 0 spiro atoms. The van der Waals surface area contributed by atoms with E-state index < -0.39 is 0 Å². The predicted octanol–water partition coefficient (Wildman–Crippen LogP) is 7.56. The number of nitrogens with zero attached hydrogens (tertiary/aromatic N) is 2. The quantitative estimate of drug-likeness (QED) is 0.246. The molecule has 7 rings (SSSR count). The monoisotopic (exact) mass is 478 g/mol. The van der Waals surface area contributed by atoms with Crippen molar-refractivity contribution in [1.82, 2.24) is 4.57 Å². The molecule has 6 aromatic rings. The van der Waals surface area contributed by atoms with Crippen molar-refractivity contribution in [3.05, 3.63) is 132 Å². The van der Waals surface area contributed by atoms with Gasteiger partial charge in [0.05, 0.1) is 33.5 Å². The molecule has 176 valence electrons. The fraction of sp³-hybridized carbons (Fsp3) is 0.0303. The highest BCUT2D eigenvalue weighted by Gasteiger charge is 2.40. The van der Waals surface area contributed by atoms with Crippen LogP contribution >= 0.6 is 0 Å². The number of hydrogen-bond donors (Lipinski definition) is 0. The van der Waals surface area contributed by atoms with Gasteiger partial charge in [-0.05, 0) is 42.3 Å². The number of aromatic nitrogens is 1. The second kappa shape index (κ2) is 8.04. The summed E-state index contributed by atoms with van der Waals surface area (Å²) in [5, 5.41) is 2.23. The number of hydrogen-bond acceptors (Lipinski definition) is 2. The first kappa shape index (κ1) is 21.3. The summed E-state index contributed by atoms with van der Waals surface area (Å²) in [7, 11) is 0. The summed E-state index contributed by atoms with van der Waals surface area (Å²) in [4.78, 5) is 29.3. The normalized spacial score (nSPS) is 13.1. The first-order valence-corrected chi connectivity index (χ1v) is 12.3. The zero-order valence-electron chi connectivity index (χ0n) is 20.2. The fourth-order valence-electron chi connectivity index (χ4n) is 5.64. The minimum absolute atomic E-state index is 0.303. The number of imide groups is 1. The topological polar surface area (TPSA) is 42.3 Å². The summed E-state index contributed by atoms with van der Waals surface area (Å²) in [5.41, 5.74) is 7.10. The van der Waals surface area contributed by atoms with Crippen molar-refractivity contribution in [2.75, 3.05) is 4.90 Å². The molecule has 0 fully saturated rings. The van der Waals surface area contributed by atoms with Crippen molar-refractivity contribution < 1.29 is 9.59 Å². The molecule has 0 saturated carbocycles. The van der Waals surface area contributed by atoms with Gasteiger partial charge in [0.15, 0.2) is 0 Å². The van der Waals surface area contributed by atoms with Crippen LogP contribution < -0.4 is 4.90 Å². The highest BCUT2D eigenvalue weighted by atomic mass is 16.2. The van der Waals surface area contributed by atoms with Gasteiger partial charge in [-0.15, -0.1) is 0 Å². The number of fused-ring (bicyclic) bond motifs is 4. The van der Waals surface area contributed by atoms with Crippen LogP contribution in [0.1, 0.15) is 26.3 Å². The van der Waals surface area contributed by atoms with Crippen molar-refractivity contribution in [2.45, 2.75) is 6.92 Å². The number of carbonyl (C=O) groups is 2. The lowest BCUT2D eigenvalue weighted by Crippen LogP contribution is -2.30. The Labute approximate surface area is 214 Å². The van der Waals surface area contributed by atoms with Gasteiger partial charge in [0.1, 0.15) is 0 Å². The van der Waals surface area contributed by atoms with Gasteiger partial charge >= 0.3 is 0 Å². The molecule has 0 N–H and O–H groups in total.